The van der Waals surface area contributed by atoms with E-state index in [0.29, 0.717) is 5.56 Å². The van der Waals surface area contributed by atoms with Gasteiger partial charge >= 0.3 is 0 Å². The number of ketones is 1. The van der Waals surface area contributed by atoms with Crippen LogP contribution in [0.2, 0.25) is 0 Å². The van der Waals surface area contributed by atoms with Crippen molar-refractivity contribution < 1.29 is 4.79 Å². The molecule has 0 saturated carbocycles. The third-order valence-electron chi connectivity index (χ3n) is 4.17. The number of aliphatic imine (C=N–C) groups is 1. The first-order chi connectivity index (χ1) is 11.7. The van der Waals surface area contributed by atoms with Crippen LogP contribution in [0.3, 0.4) is 0 Å². The highest BCUT2D eigenvalue weighted by molar-refractivity contribution is 9.10. The van der Waals surface area contributed by atoms with Gasteiger partial charge in [0, 0.05) is 28.6 Å². The normalized spacial score (nSPS) is 19.0. The molecule has 3 aromatic rings. The number of rotatable bonds is 3. The van der Waals surface area contributed by atoms with Crippen molar-refractivity contribution in [2.45, 2.75) is 12.1 Å². The van der Waals surface area contributed by atoms with Crippen LogP contribution in [0.25, 0.3) is 0 Å². The van der Waals surface area contributed by atoms with E-state index in [1.54, 1.807) is 6.20 Å². The van der Waals surface area contributed by atoms with Crippen LogP contribution in [0.5, 0.6) is 0 Å². The van der Waals surface area contributed by atoms with Crippen molar-refractivity contribution in [1.82, 2.24) is 9.55 Å². The molecule has 1 aliphatic rings. The van der Waals surface area contributed by atoms with Crippen molar-refractivity contribution in [3.05, 3.63) is 88.4 Å². The quantitative estimate of drug-likeness (QED) is 0.638. The number of hydrogen-bond acceptors (Lipinski definition) is 3. The average Bonchev–Trinajstić information content (AvgIpc) is 3.10. The molecule has 0 aliphatic carbocycles. The van der Waals surface area contributed by atoms with Gasteiger partial charge in [0.05, 0.1) is 11.4 Å². The summed E-state index contributed by atoms with van der Waals surface area (Å²) >= 11 is 3.41. The van der Waals surface area contributed by atoms with Gasteiger partial charge in [0.25, 0.3) is 0 Å². The molecule has 2 aromatic heterocycles. The van der Waals surface area contributed by atoms with Crippen LogP contribution >= 0.6 is 15.9 Å². The number of hydrogen-bond donors (Lipinski definition) is 0. The molecule has 1 aliphatic heterocycles. The lowest BCUT2D eigenvalue weighted by atomic mass is 9.94. The topological polar surface area (TPSA) is 47.2 Å². The van der Waals surface area contributed by atoms with Gasteiger partial charge in [0.15, 0.2) is 5.78 Å². The number of pyridine rings is 1. The second-order valence-corrected chi connectivity index (χ2v) is 6.55. The Kier molecular flexibility index (Phi) is 3.86. The lowest BCUT2D eigenvalue weighted by molar-refractivity contribution is 0.0904. The van der Waals surface area contributed by atoms with Crippen LogP contribution < -0.4 is 0 Å². The maximum Gasteiger partial charge on any atom is 0.188 e. The fourth-order valence-electron chi connectivity index (χ4n) is 3.00. The van der Waals surface area contributed by atoms with Crippen LogP contribution in [0, 0.1) is 0 Å². The van der Waals surface area contributed by atoms with Gasteiger partial charge in [-0.3, -0.25) is 14.8 Å². The summed E-state index contributed by atoms with van der Waals surface area (Å²) in [5.74, 6) is 0.0347. The fraction of sp³-hybridized carbons (Fsp3) is 0.105. The molecule has 24 heavy (non-hydrogen) atoms. The summed E-state index contributed by atoms with van der Waals surface area (Å²) < 4.78 is 2.93. The molecule has 2 atom stereocenters. The molecular weight excluding hydrogens is 366 g/mol. The molecule has 0 radical (unpaired) electrons. The summed E-state index contributed by atoms with van der Waals surface area (Å²) in [4.78, 5) is 22.3. The molecule has 4 rings (SSSR count). The van der Waals surface area contributed by atoms with Gasteiger partial charge in [-0.2, -0.15) is 0 Å². The van der Waals surface area contributed by atoms with E-state index >= 15 is 0 Å². The van der Waals surface area contributed by atoms with E-state index in [0.717, 1.165) is 15.9 Å². The molecule has 0 N–H and O–H groups in total. The van der Waals surface area contributed by atoms with Crippen molar-refractivity contribution in [1.29, 1.82) is 0 Å². The lowest BCUT2D eigenvalue weighted by Crippen LogP contribution is -2.29. The average molecular weight is 380 g/mol. The molecule has 0 spiro atoms. The van der Waals surface area contributed by atoms with Gasteiger partial charge in [-0.1, -0.05) is 34.1 Å². The van der Waals surface area contributed by atoms with Gasteiger partial charge in [0.2, 0.25) is 0 Å². The highest BCUT2D eigenvalue weighted by Crippen LogP contribution is 2.35. The molecule has 0 bridgehead atoms. The van der Waals surface area contributed by atoms with Crippen LogP contribution in [-0.2, 0) is 0 Å². The third kappa shape index (κ3) is 2.61. The summed E-state index contributed by atoms with van der Waals surface area (Å²) in [5.41, 5.74) is 2.39. The van der Waals surface area contributed by atoms with Crippen molar-refractivity contribution in [2.24, 2.45) is 4.99 Å². The van der Waals surface area contributed by atoms with Gasteiger partial charge in [-0.25, -0.2) is 0 Å². The lowest BCUT2D eigenvalue weighted by Gasteiger charge is -2.28. The van der Waals surface area contributed by atoms with Gasteiger partial charge < -0.3 is 4.57 Å². The first-order valence-electron chi connectivity index (χ1n) is 7.65. The van der Waals surface area contributed by atoms with E-state index in [4.69, 9.17) is 0 Å². The fourth-order valence-corrected chi connectivity index (χ4v) is 3.27. The summed E-state index contributed by atoms with van der Waals surface area (Å²) in [6.07, 6.45) is 5.47. The Morgan fingerprint density at radius 3 is 2.62 bits per heavy atom. The van der Waals surface area contributed by atoms with E-state index in [1.165, 1.54) is 0 Å². The number of nitrogens with zero attached hydrogens (tertiary/aromatic N) is 3. The summed E-state index contributed by atoms with van der Waals surface area (Å²) in [5, 5.41) is 0. The first-order valence-corrected chi connectivity index (χ1v) is 8.44. The number of benzene rings is 1. The minimum Gasteiger partial charge on any atom is -0.333 e. The van der Waals surface area contributed by atoms with Crippen molar-refractivity contribution >= 4 is 27.9 Å². The standard InChI is InChI=1S/C19H14BrN3O/c20-14-8-6-13(7-9-14)19(24)18-17(16-5-1-2-10-21-16)22-12-15-4-3-11-23(15)18/h1-12,17-18H/t17-,18+/m1/s1. The smallest absolute Gasteiger partial charge is 0.188 e. The Labute approximate surface area is 148 Å². The monoisotopic (exact) mass is 379 g/mol. The molecule has 5 heteroatoms. The minimum absolute atomic E-state index is 0.0347. The van der Waals surface area contributed by atoms with Crippen molar-refractivity contribution in [3.63, 3.8) is 0 Å². The van der Waals surface area contributed by atoms with E-state index in [9.17, 15) is 4.79 Å². The SMILES string of the molecule is O=C(c1ccc(Br)cc1)[C@@H]1[C@@H](c2ccccn2)N=Cc2cccn21. The minimum atomic E-state index is -0.434. The number of aromatic nitrogens is 2. The summed E-state index contributed by atoms with van der Waals surface area (Å²) in [7, 11) is 0. The highest BCUT2D eigenvalue weighted by atomic mass is 79.9. The third-order valence-corrected chi connectivity index (χ3v) is 4.69. The number of fused-ring (bicyclic) bond motifs is 1. The summed E-state index contributed by atoms with van der Waals surface area (Å²) in [6.45, 7) is 0. The zero-order chi connectivity index (χ0) is 16.5. The van der Waals surface area contributed by atoms with Crippen molar-refractivity contribution in [3.8, 4) is 0 Å². The zero-order valence-corrected chi connectivity index (χ0v) is 14.3. The first kappa shape index (κ1) is 15.0. The number of carbonyl (C=O) groups excluding carboxylic acids is 1. The van der Waals surface area contributed by atoms with Crippen LogP contribution in [0.15, 0.2) is 76.5 Å². The maximum atomic E-state index is 13.2. The Hall–Kier alpha value is -2.53. The highest BCUT2D eigenvalue weighted by Gasteiger charge is 2.35. The molecule has 1 aromatic carbocycles. The molecule has 0 amide bonds. The Balaban J connectivity index is 1.80. The van der Waals surface area contributed by atoms with Crippen molar-refractivity contribution in [2.75, 3.05) is 0 Å². The van der Waals surface area contributed by atoms with Gasteiger partial charge in [-0.05, 0) is 36.4 Å². The number of carbonyl (C=O) groups is 1. The Morgan fingerprint density at radius 1 is 1.04 bits per heavy atom. The Bertz CT molecular complexity index is 900. The summed E-state index contributed by atoms with van der Waals surface area (Å²) in [6, 6.07) is 16.3. The molecule has 118 valence electrons. The van der Waals surface area contributed by atoms with E-state index in [1.807, 2.05) is 71.6 Å². The largest absolute Gasteiger partial charge is 0.333 e. The van der Waals surface area contributed by atoms with Crippen LogP contribution in [0.4, 0.5) is 0 Å². The molecule has 4 nitrogen and oxygen atoms in total. The molecule has 0 fully saturated rings. The van der Waals surface area contributed by atoms with E-state index < -0.39 is 6.04 Å². The number of halogens is 1. The zero-order valence-electron chi connectivity index (χ0n) is 12.7. The maximum absolute atomic E-state index is 13.2. The van der Waals surface area contributed by atoms with Crippen LogP contribution in [0.1, 0.15) is 33.8 Å². The molecule has 3 heterocycles. The Morgan fingerprint density at radius 2 is 1.88 bits per heavy atom. The second kappa shape index (κ2) is 6.17. The molecule has 0 saturated heterocycles. The van der Waals surface area contributed by atoms with Crippen LogP contribution in [-0.4, -0.2) is 21.5 Å². The molecular formula is C19H14BrN3O. The number of Topliss-reactive ketones (excluding diaryl/α,β-unsaturated/α-hetero) is 1. The van der Waals surface area contributed by atoms with Gasteiger partial charge in [-0.15, -0.1) is 0 Å². The van der Waals surface area contributed by atoms with E-state index in [-0.39, 0.29) is 11.8 Å². The van der Waals surface area contributed by atoms with Gasteiger partial charge in [0.1, 0.15) is 12.1 Å². The molecule has 0 unspecified atom stereocenters. The van der Waals surface area contributed by atoms with E-state index in [2.05, 4.69) is 25.9 Å². The second-order valence-electron chi connectivity index (χ2n) is 5.63. The predicted octanol–water partition coefficient (Wildman–Crippen LogP) is 4.24. The predicted molar refractivity (Wildman–Crippen MR) is 96.5 cm³/mol.